The van der Waals surface area contributed by atoms with E-state index < -0.39 is 5.97 Å². The third-order valence-electron chi connectivity index (χ3n) is 5.73. The number of nitrogens with two attached hydrogens (primary N) is 1. The molecule has 5 N–H and O–H groups in total. The number of hydrogen-bond donors (Lipinski definition) is 4. The molecule has 1 amide bonds. The Labute approximate surface area is 186 Å². The fraction of sp³-hybridized carbons (Fsp3) is 0.333. The molecular formula is C24H27N5O3. The quantitative estimate of drug-likeness (QED) is 0.434. The molecule has 0 atom stereocenters. The van der Waals surface area contributed by atoms with Crippen LogP contribution in [-0.2, 0) is 9.59 Å². The first-order valence-corrected chi connectivity index (χ1v) is 10.9. The van der Waals surface area contributed by atoms with Gasteiger partial charge in [-0.05, 0) is 48.2 Å². The van der Waals surface area contributed by atoms with Gasteiger partial charge < -0.3 is 21.5 Å². The Morgan fingerprint density at radius 2 is 1.69 bits per heavy atom. The molecule has 1 aliphatic carbocycles. The molecule has 0 radical (unpaired) electrons. The number of amides is 1. The van der Waals surface area contributed by atoms with Crippen molar-refractivity contribution in [2.75, 3.05) is 16.4 Å². The Morgan fingerprint density at radius 1 is 0.969 bits per heavy atom. The van der Waals surface area contributed by atoms with E-state index in [-0.39, 0.29) is 24.7 Å². The highest BCUT2D eigenvalue weighted by Gasteiger charge is 2.16. The van der Waals surface area contributed by atoms with Gasteiger partial charge in [0.25, 0.3) is 0 Å². The van der Waals surface area contributed by atoms with E-state index in [9.17, 15) is 9.59 Å². The Balaban J connectivity index is 1.55. The van der Waals surface area contributed by atoms with Crippen LogP contribution >= 0.6 is 0 Å². The maximum atomic E-state index is 11.8. The lowest BCUT2D eigenvalue weighted by Crippen LogP contribution is -2.23. The molecule has 8 heteroatoms. The summed E-state index contributed by atoms with van der Waals surface area (Å²) in [6, 6.07) is 13.8. The molecule has 1 aliphatic rings. The highest BCUT2D eigenvalue weighted by atomic mass is 16.4. The number of fused-ring (bicyclic) bond motifs is 1. The summed E-state index contributed by atoms with van der Waals surface area (Å²) in [4.78, 5) is 31.3. The number of rotatable bonds is 7. The molecule has 32 heavy (non-hydrogen) atoms. The van der Waals surface area contributed by atoms with Gasteiger partial charge in [0.2, 0.25) is 11.9 Å². The summed E-state index contributed by atoms with van der Waals surface area (Å²) < 4.78 is 0. The Bertz CT molecular complexity index is 1120. The number of anilines is 3. The number of nitrogen functional groups attached to an aromatic ring is 1. The van der Waals surface area contributed by atoms with Gasteiger partial charge in [-0.15, -0.1) is 0 Å². The summed E-state index contributed by atoms with van der Waals surface area (Å²) >= 11 is 0. The lowest BCUT2D eigenvalue weighted by atomic mass is 9.95. The summed E-state index contributed by atoms with van der Waals surface area (Å²) in [5.74, 6) is -0.288. The van der Waals surface area contributed by atoms with E-state index in [1.54, 1.807) is 12.1 Å². The molecule has 0 bridgehead atoms. The van der Waals surface area contributed by atoms with Crippen LogP contribution in [0.25, 0.3) is 22.0 Å². The molecule has 4 rings (SSSR count). The van der Waals surface area contributed by atoms with Gasteiger partial charge in [0, 0.05) is 23.5 Å². The number of nitrogens with one attached hydrogen (secondary N) is 2. The smallest absolute Gasteiger partial charge is 0.303 e. The Kier molecular flexibility index (Phi) is 6.49. The normalized spacial score (nSPS) is 14.2. The second-order valence-electron chi connectivity index (χ2n) is 8.16. The molecule has 1 heterocycles. The van der Waals surface area contributed by atoms with Gasteiger partial charge in [0.05, 0.1) is 11.9 Å². The summed E-state index contributed by atoms with van der Waals surface area (Å²) in [5.41, 5.74) is 9.35. The summed E-state index contributed by atoms with van der Waals surface area (Å²) in [6.07, 6.45) is 5.74. The zero-order valence-electron chi connectivity index (χ0n) is 17.8. The molecule has 1 aromatic heterocycles. The van der Waals surface area contributed by atoms with Gasteiger partial charge in [-0.25, -0.2) is 4.98 Å². The van der Waals surface area contributed by atoms with Crippen LogP contribution in [0.3, 0.4) is 0 Å². The molecule has 0 unspecified atom stereocenters. The van der Waals surface area contributed by atoms with Crippen LogP contribution in [-0.4, -0.2) is 33.0 Å². The van der Waals surface area contributed by atoms with Crippen LogP contribution in [0.15, 0.2) is 42.5 Å². The molecule has 0 saturated heterocycles. The monoisotopic (exact) mass is 433 g/mol. The van der Waals surface area contributed by atoms with Crippen molar-refractivity contribution in [1.82, 2.24) is 9.97 Å². The third kappa shape index (κ3) is 5.32. The highest BCUT2D eigenvalue weighted by molar-refractivity contribution is 5.94. The minimum atomic E-state index is -0.991. The van der Waals surface area contributed by atoms with Crippen molar-refractivity contribution >= 4 is 40.2 Å². The first kappa shape index (κ1) is 21.5. The van der Waals surface area contributed by atoms with Gasteiger partial charge in [-0.1, -0.05) is 37.5 Å². The molecular weight excluding hydrogens is 406 g/mol. The number of carboxylic acid groups (broad SMARTS) is 1. The van der Waals surface area contributed by atoms with E-state index in [0.29, 0.717) is 11.7 Å². The van der Waals surface area contributed by atoms with E-state index in [1.807, 2.05) is 24.3 Å². The first-order valence-electron chi connectivity index (χ1n) is 10.9. The van der Waals surface area contributed by atoms with Crippen LogP contribution in [0.1, 0.15) is 44.9 Å². The number of carbonyl (C=O) groups is 2. The number of carbonyl (C=O) groups excluding carboxylic acids is 1. The highest BCUT2D eigenvalue weighted by Crippen LogP contribution is 2.30. The Morgan fingerprint density at radius 3 is 2.41 bits per heavy atom. The molecule has 0 spiro atoms. The number of aliphatic carboxylic acids is 1. The predicted octanol–water partition coefficient (Wildman–Crippen LogP) is 4.43. The molecule has 0 aliphatic heterocycles. The molecule has 8 nitrogen and oxygen atoms in total. The molecule has 1 fully saturated rings. The number of hydrogen-bond acceptors (Lipinski definition) is 6. The van der Waals surface area contributed by atoms with Gasteiger partial charge in [0.15, 0.2) is 0 Å². The third-order valence-corrected chi connectivity index (χ3v) is 5.73. The first-order chi connectivity index (χ1) is 15.5. The predicted molar refractivity (Wildman–Crippen MR) is 125 cm³/mol. The van der Waals surface area contributed by atoms with Gasteiger partial charge in [0.1, 0.15) is 5.82 Å². The van der Waals surface area contributed by atoms with Gasteiger partial charge >= 0.3 is 5.97 Å². The van der Waals surface area contributed by atoms with Crippen LogP contribution in [0.4, 0.5) is 17.5 Å². The summed E-state index contributed by atoms with van der Waals surface area (Å²) in [5, 5.41) is 15.9. The second kappa shape index (κ2) is 9.64. The van der Waals surface area contributed by atoms with Gasteiger partial charge in [-0.2, -0.15) is 4.98 Å². The van der Waals surface area contributed by atoms with Crippen LogP contribution in [0.5, 0.6) is 0 Å². The van der Waals surface area contributed by atoms with Crippen LogP contribution in [0, 0.1) is 0 Å². The number of carboxylic acids is 1. The zero-order chi connectivity index (χ0) is 22.5. The fourth-order valence-corrected chi connectivity index (χ4v) is 4.07. The number of aromatic nitrogens is 2. The van der Waals surface area contributed by atoms with Crippen molar-refractivity contribution in [3.8, 4) is 11.1 Å². The van der Waals surface area contributed by atoms with Crippen molar-refractivity contribution in [3.05, 3.63) is 42.5 Å². The van der Waals surface area contributed by atoms with Crippen molar-refractivity contribution in [3.63, 3.8) is 0 Å². The lowest BCUT2D eigenvalue weighted by Gasteiger charge is -2.24. The topological polar surface area (TPSA) is 130 Å². The van der Waals surface area contributed by atoms with E-state index in [1.165, 1.54) is 19.3 Å². The second-order valence-corrected chi connectivity index (χ2v) is 8.16. The van der Waals surface area contributed by atoms with Crippen molar-refractivity contribution < 1.29 is 14.7 Å². The fourth-order valence-electron chi connectivity index (χ4n) is 4.07. The number of nitrogens with zero attached hydrogens (tertiary/aromatic N) is 2. The lowest BCUT2D eigenvalue weighted by molar-refractivity contribution is -0.138. The maximum absolute atomic E-state index is 11.8. The van der Waals surface area contributed by atoms with Gasteiger partial charge in [-0.3, -0.25) is 9.59 Å². The standard InChI is InChI=1S/C24H27N5O3/c25-24-28-20-11-8-16(14-19(20)23(29-24)27-17-4-2-1-3-5-17)15-6-9-18(10-7-15)26-21(30)12-13-22(31)32/h6-11,14,17H,1-5,12-13H2,(H,26,30)(H,31,32)(H3,25,27,28,29). The summed E-state index contributed by atoms with van der Waals surface area (Å²) in [6.45, 7) is 0. The van der Waals surface area contributed by atoms with Crippen LogP contribution in [0.2, 0.25) is 0 Å². The van der Waals surface area contributed by atoms with E-state index in [4.69, 9.17) is 10.8 Å². The van der Waals surface area contributed by atoms with Crippen LogP contribution < -0.4 is 16.4 Å². The molecule has 1 saturated carbocycles. The molecule has 3 aromatic rings. The maximum Gasteiger partial charge on any atom is 0.303 e. The van der Waals surface area contributed by atoms with E-state index >= 15 is 0 Å². The summed E-state index contributed by atoms with van der Waals surface area (Å²) in [7, 11) is 0. The SMILES string of the molecule is Nc1nc(NC2CCCCC2)c2cc(-c3ccc(NC(=O)CCC(=O)O)cc3)ccc2n1. The minimum absolute atomic E-state index is 0.0539. The average molecular weight is 434 g/mol. The van der Waals surface area contributed by atoms with Crippen molar-refractivity contribution in [1.29, 1.82) is 0 Å². The van der Waals surface area contributed by atoms with Crippen molar-refractivity contribution in [2.45, 2.75) is 51.0 Å². The largest absolute Gasteiger partial charge is 0.481 e. The van der Waals surface area contributed by atoms with Crippen molar-refractivity contribution in [2.24, 2.45) is 0 Å². The van der Waals surface area contributed by atoms with E-state index in [2.05, 4.69) is 26.7 Å². The average Bonchev–Trinajstić information content (AvgIpc) is 2.79. The van der Waals surface area contributed by atoms with E-state index in [0.717, 1.165) is 40.7 Å². The number of benzene rings is 2. The zero-order valence-corrected chi connectivity index (χ0v) is 17.8. The molecule has 2 aromatic carbocycles. The molecule has 166 valence electrons. The Hall–Kier alpha value is -3.68. The minimum Gasteiger partial charge on any atom is -0.481 e.